The minimum absolute atomic E-state index is 0.0439. The fourth-order valence-electron chi connectivity index (χ4n) is 19.1. The zero-order valence-corrected chi connectivity index (χ0v) is 75.4. The molecule has 1 aromatic carbocycles. The Kier molecular flexibility index (Phi) is 29.1. The molecule has 46 heteroatoms. The van der Waals surface area contributed by atoms with Crippen molar-refractivity contribution in [2.45, 2.75) is 114 Å². The van der Waals surface area contributed by atoms with E-state index in [9.17, 15) is 55.9 Å². The number of halogens is 4. The lowest BCUT2D eigenvalue weighted by Gasteiger charge is -2.38. The average molecular weight is 1910 g/mol. The number of piperidine rings is 1. The quantitative estimate of drug-likeness (QED) is 0.0123. The first kappa shape index (κ1) is 95.0. The number of likely N-dealkylation sites (tertiary alicyclic amines) is 1. The Morgan fingerprint density at radius 3 is 1.38 bits per heavy atom. The summed E-state index contributed by atoms with van der Waals surface area (Å²) in [6, 6.07) is 15.1. The number of methoxy groups -OCH3 is 2. The summed E-state index contributed by atoms with van der Waals surface area (Å²) < 4.78 is 116. The van der Waals surface area contributed by atoms with E-state index in [0.29, 0.717) is 203 Å². The van der Waals surface area contributed by atoms with Crippen molar-refractivity contribution in [3.8, 4) is 46.7 Å². The molecule has 0 radical (unpaired) electrons. The summed E-state index contributed by atoms with van der Waals surface area (Å²) in [7, 11) is 3.08. The molecule has 0 saturated carbocycles. The number of aryl methyl sites for hydroxylation is 1. The van der Waals surface area contributed by atoms with Crippen molar-refractivity contribution >= 4 is 101 Å². The molecule has 5 saturated heterocycles. The Morgan fingerprint density at radius 1 is 0.493 bits per heavy atom. The number of nitrogens with one attached hydrogen (secondary N) is 7. The minimum Gasteiger partial charge on any atom is -0.483 e. The van der Waals surface area contributed by atoms with E-state index in [0.717, 1.165) is 85.2 Å². The maximum Gasteiger partial charge on any atom is 0.416 e. The van der Waals surface area contributed by atoms with Crippen LogP contribution in [0.15, 0.2) is 73.3 Å². The summed E-state index contributed by atoms with van der Waals surface area (Å²) in [5, 5.41) is 36.2. The Morgan fingerprint density at radius 2 is 0.906 bits per heavy atom. The van der Waals surface area contributed by atoms with Gasteiger partial charge in [-0.1, -0.05) is 0 Å². The summed E-state index contributed by atoms with van der Waals surface area (Å²) in [6.45, 7) is 9.36. The van der Waals surface area contributed by atoms with E-state index in [1.807, 2.05) is 19.1 Å². The molecule has 8 N–H and O–H groups in total. The van der Waals surface area contributed by atoms with Crippen molar-refractivity contribution in [1.29, 1.82) is 5.26 Å². The third-order valence-corrected chi connectivity index (χ3v) is 25.7. The maximum atomic E-state index is 14.4. The van der Waals surface area contributed by atoms with E-state index in [4.69, 9.17) is 67.3 Å². The van der Waals surface area contributed by atoms with E-state index in [2.05, 4.69) is 82.0 Å². The van der Waals surface area contributed by atoms with E-state index < -0.39 is 30.0 Å². The average Bonchev–Trinajstić information content (AvgIpc) is 1.62. The van der Waals surface area contributed by atoms with Crippen molar-refractivity contribution < 1.29 is 118 Å². The number of amides is 8. The van der Waals surface area contributed by atoms with Gasteiger partial charge in [-0.3, -0.25) is 48.6 Å². The van der Waals surface area contributed by atoms with Crippen molar-refractivity contribution in [1.82, 2.24) is 60.7 Å². The van der Waals surface area contributed by atoms with Gasteiger partial charge < -0.3 is 99.3 Å². The first-order chi connectivity index (χ1) is 66.8. The smallest absolute Gasteiger partial charge is 0.416 e. The van der Waals surface area contributed by atoms with Gasteiger partial charge in [0.15, 0.2) is 79.4 Å². The molecule has 16 heterocycles. The van der Waals surface area contributed by atoms with E-state index in [-0.39, 0.29) is 146 Å². The second kappa shape index (κ2) is 42.3. The minimum atomic E-state index is -0.545. The summed E-state index contributed by atoms with van der Waals surface area (Å²) in [6.07, 6.45) is 11.4. The molecule has 13 aliphatic rings. The van der Waals surface area contributed by atoms with Crippen LogP contribution in [0.5, 0.6) is 40.6 Å². The Hall–Kier alpha value is -14.7. The molecule has 138 heavy (non-hydrogen) atoms. The highest BCUT2D eigenvalue weighted by Crippen LogP contribution is 2.43. The zero-order valence-electron chi connectivity index (χ0n) is 75.4. The largest absolute Gasteiger partial charge is 0.483 e. The van der Waals surface area contributed by atoms with Crippen molar-refractivity contribution in [3.05, 3.63) is 147 Å². The summed E-state index contributed by atoms with van der Waals surface area (Å²) in [5.41, 5.74) is 6.97. The molecular formula is C92H99F4N21O21. The predicted molar refractivity (Wildman–Crippen MR) is 479 cm³/mol. The number of carbonyl (C=O) groups excluding carboxylic acids is 8. The number of carboxylic acid groups (broad SMARTS) is 1. The fraction of sp³-hybridized carbons (Fsp3) is 0.457. The summed E-state index contributed by atoms with van der Waals surface area (Å²) in [5.74, 6) is 4.47. The van der Waals surface area contributed by atoms with E-state index in [1.54, 1.807) is 43.5 Å². The van der Waals surface area contributed by atoms with E-state index in [1.165, 1.54) is 57.6 Å². The molecule has 1 spiro atoms. The standard InChI is InChI=1S/C24H24FN5O5.C24H26FN5O4.C22H24FN5O5.C21H23FN6O5.CH2O2/c25-19-10-17(33-6-4-26)9-15-7-14(8-18(15)19)11-27-5-3-16-12-30(24(32)35-16)21-2-1-20-23(28-21)29-22(31)13-34-20;1-14-16-8-15(9-17(16)18(25)10-26-14)11-29-6-4-24(5-7-29)13-30(23(32)34-24)20-3-2-19-22(27-20)28-21(31)12-33-19;1-31-21-15-7-12(6-14(15)16(23)9-25-21)8-24-5-4-13-10-28(22(30)33-13)18-3-2-17-20(26-18)27-19(29)11-32-17;1-31-19-14-5-11(4-13(14)15(22)7-24-19)6-23-3-2-12-9-28(21(30)33-12)16-8-25-20-18(26-16)27-17(29)10-32-20;2-1-3/h1-2,9-10,14,16,27H,3,5-8,11-13H2,(H,28,29,31);2-3,10,15H,4-9,11-13H2,1H3,(H,27,28,31);2-3,9,12-13,24H,4-8,10-11H2,1H3,(H,26,27,29);7-8,11-12,23H,2-6,9-10H2,1H3,(H,26,27,29);1H,(H,2,3). The molecule has 0 bridgehead atoms. The highest BCUT2D eigenvalue weighted by molar-refractivity contribution is 5.98. The zero-order chi connectivity index (χ0) is 96.4. The van der Waals surface area contributed by atoms with Crippen LogP contribution >= 0.6 is 0 Å². The second-order valence-corrected chi connectivity index (χ2v) is 35.0. The molecular weight excluding hydrogens is 1810 g/mol. The number of cyclic esters (lactones) is 3. The predicted octanol–water partition coefficient (Wildman–Crippen LogP) is 7.08. The molecule has 726 valence electrons. The lowest BCUT2D eigenvalue weighted by Crippen LogP contribution is -2.48. The van der Waals surface area contributed by atoms with Crippen LogP contribution in [0, 0.1) is 65.2 Å². The summed E-state index contributed by atoms with van der Waals surface area (Å²) >= 11 is 0. The first-order valence-electron chi connectivity index (χ1n) is 45.2. The molecule has 21 rings (SSSR count). The molecule has 9 aliphatic heterocycles. The van der Waals surface area contributed by atoms with Gasteiger partial charge in [0.05, 0.1) is 65.2 Å². The van der Waals surface area contributed by atoms with E-state index >= 15 is 0 Å². The van der Waals surface area contributed by atoms with Crippen LogP contribution in [0.25, 0.3) is 0 Å². The number of fused-ring (bicyclic) bond motifs is 8. The van der Waals surface area contributed by atoms with Crippen LogP contribution in [0.1, 0.15) is 82.3 Å². The number of nitriles is 1. The molecule has 8 amide bonds. The number of benzene rings is 1. The van der Waals surface area contributed by atoms with Gasteiger partial charge in [0, 0.05) is 55.4 Å². The first-order valence-corrected chi connectivity index (χ1v) is 45.2. The molecule has 7 aromatic heterocycles. The van der Waals surface area contributed by atoms with Gasteiger partial charge in [0.1, 0.15) is 76.5 Å². The van der Waals surface area contributed by atoms with Crippen LogP contribution < -0.4 is 90.0 Å². The molecule has 8 aromatic rings. The third kappa shape index (κ3) is 21.9. The monoisotopic (exact) mass is 1910 g/mol. The summed E-state index contributed by atoms with van der Waals surface area (Å²) in [4.78, 5) is 146. The van der Waals surface area contributed by atoms with Gasteiger partial charge in [-0.05, 0) is 216 Å². The Balaban J connectivity index is 0.000000126. The van der Waals surface area contributed by atoms with Crippen LogP contribution in [-0.4, -0.2) is 261 Å². The van der Waals surface area contributed by atoms with Gasteiger partial charge in [0.2, 0.25) is 11.8 Å². The van der Waals surface area contributed by atoms with Gasteiger partial charge in [-0.15, -0.1) is 0 Å². The number of hydrogen-bond donors (Lipinski definition) is 8. The van der Waals surface area contributed by atoms with Crippen LogP contribution in [0.2, 0.25) is 0 Å². The van der Waals surface area contributed by atoms with Crippen LogP contribution in [0.4, 0.5) is 83.3 Å². The highest BCUT2D eigenvalue weighted by Gasteiger charge is 2.49. The van der Waals surface area contributed by atoms with Crippen molar-refractivity contribution in [3.63, 3.8) is 0 Å². The molecule has 4 aliphatic carbocycles. The van der Waals surface area contributed by atoms with Crippen LogP contribution in [0.3, 0.4) is 0 Å². The molecule has 42 nitrogen and oxygen atoms in total. The van der Waals surface area contributed by atoms with Gasteiger partial charge in [0.25, 0.3) is 36.0 Å². The van der Waals surface area contributed by atoms with Gasteiger partial charge in [-0.25, -0.2) is 71.6 Å². The highest BCUT2D eigenvalue weighted by atomic mass is 19.1. The van der Waals surface area contributed by atoms with Crippen molar-refractivity contribution in [2.75, 3.05) is 173 Å². The van der Waals surface area contributed by atoms with Crippen LogP contribution in [-0.2, 0) is 94.3 Å². The lowest BCUT2D eigenvalue weighted by molar-refractivity contribution is -0.123. The maximum absolute atomic E-state index is 14.4. The number of rotatable bonds is 25. The number of hydrogen-bond acceptors (Lipinski definition) is 33. The number of aromatic nitrogens is 8. The number of nitrogens with zero attached hydrogens (tertiary/aromatic N) is 14. The molecule has 7 unspecified atom stereocenters. The normalized spacial score (nSPS) is 21.2. The van der Waals surface area contributed by atoms with Gasteiger partial charge in [-0.2, -0.15) is 5.26 Å². The molecule has 5 fully saturated rings. The number of ether oxygens (including phenoxy) is 11. The lowest BCUT2D eigenvalue weighted by atomic mass is 9.90. The number of pyridine rings is 6. The Labute approximate surface area is 786 Å². The Bertz CT molecular complexity index is 5860. The number of anilines is 8. The van der Waals surface area contributed by atoms with Gasteiger partial charge >= 0.3 is 24.4 Å². The SMILES string of the molecule is COc1ncc(F)c2c1CC(CNCCC1CN(c3ccc4c(n3)NC(=O)CO4)C(=O)O1)C2.COc1ncc(F)c2c1CC(CNCCC1CN(c3cnc4c(n3)NC(=O)CO4)C(=O)O1)C2.Cc1ncc(F)c2c1CC(CN1CCC3(CC1)CN(c1ccc4c(n1)NC(=O)CO4)C(=O)O3)C2.N#CCOc1cc(F)c2c(c1)CC(CNCCC1CN(c3ccc4c(n3)NC(=O)CO4)C(=O)O1)C2.O=CO. The number of carbonyl (C=O) groups is 9. The molecule has 7 atom stereocenters. The fourth-order valence-corrected chi connectivity index (χ4v) is 19.1. The third-order valence-electron chi connectivity index (χ3n) is 25.7. The topological polar surface area (TPSA) is 503 Å². The second-order valence-electron chi connectivity index (χ2n) is 35.0. The van der Waals surface area contributed by atoms with Crippen molar-refractivity contribution in [2.24, 2.45) is 23.7 Å².